The highest BCUT2D eigenvalue weighted by Crippen LogP contribution is 2.24. The third kappa shape index (κ3) is 3.56. The van der Waals surface area contributed by atoms with E-state index in [0.29, 0.717) is 0 Å². The molecule has 92 valence electrons. The third-order valence-electron chi connectivity index (χ3n) is 1.64. The van der Waals surface area contributed by atoms with E-state index in [0.717, 1.165) is 0 Å². The molecular weight excluding hydrogens is 227 g/mol. The molecule has 4 nitrogen and oxygen atoms in total. The van der Waals surface area contributed by atoms with Crippen LogP contribution in [0.2, 0.25) is 0 Å². The molecule has 0 amide bonds. The van der Waals surface area contributed by atoms with Gasteiger partial charge in [-0.15, -0.1) is 0 Å². The van der Waals surface area contributed by atoms with E-state index in [9.17, 15) is 23.1 Å². The van der Waals surface area contributed by atoms with Crippen LogP contribution in [0.5, 0.6) is 0 Å². The molecule has 0 spiro atoms. The Balaban J connectivity index is 5.30. The zero-order chi connectivity index (χ0) is 12.9. The van der Waals surface area contributed by atoms with Crippen molar-refractivity contribution in [1.82, 2.24) is 0 Å². The second-order valence-corrected chi connectivity index (χ2v) is 2.77. The van der Waals surface area contributed by atoms with Crippen LogP contribution >= 0.6 is 0 Å². The smallest absolute Gasteiger partial charge is 0.433 e. The van der Waals surface area contributed by atoms with Crippen LogP contribution in [-0.4, -0.2) is 29.6 Å². The van der Waals surface area contributed by atoms with Crippen LogP contribution in [0.3, 0.4) is 0 Å². The van der Waals surface area contributed by atoms with Gasteiger partial charge in [-0.2, -0.15) is 13.2 Å². The van der Waals surface area contributed by atoms with Crippen molar-refractivity contribution in [1.29, 1.82) is 5.41 Å². The molecule has 0 rings (SSSR count). The Hall–Kier alpha value is -1.53. The highest BCUT2D eigenvalue weighted by atomic mass is 19.4. The normalized spacial score (nSPS) is 13.1. The van der Waals surface area contributed by atoms with Crippen LogP contribution in [0, 0.1) is 5.41 Å². The van der Waals surface area contributed by atoms with Crippen molar-refractivity contribution < 1.29 is 27.8 Å². The minimum atomic E-state index is -4.99. The topological polar surface area (TPSA) is 70.4 Å². The lowest BCUT2D eigenvalue weighted by Crippen LogP contribution is -2.30. The van der Waals surface area contributed by atoms with E-state index in [4.69, 9.17) is 5.41 Å². The molecule has 16 heavy (non-hydrogen) atoms. The summed E-state index contributed by atoms with van der Waals surface area (Å²) >= 11 is 0. The molecule has 0 radical (unpaired) electrons. The molecular formula is C9H12F3NO3. The highest BCUT2D eigenvalue weighted by molar-refractivity contribution is 6.21. The second kappa shape index (κ2) is 5.53. The van der Waals surface area contributed by atoms with Gasteiger partial charge in [-0.25, -0.2) is 4.79 Å². The quantitative estimate of drug-likeness (QED) is 0.342. The van der Waals surface area contributed by atoms with Crippen LogP contribution in [0.25, 0.3) is 0 Å². The first-order valence-corrected chi connectivity index (χ1v) is 4.51. The number of allylic oxidation sites excluding steroid dienone is 1. The van der Waals surface area contributed by atoms with Crippen molar-refractivity contribution >= 4 is 11.7 Å². The summed E-state index contributed by atoms with van der Waals surface area (Å²) in [6.45, 7) is 2.64. The Morgan fingerprint density at radius 2 is 1.88 bits per heavy atom. The van der Waals surface area contributed by atoms with Crippen molar-refractivity contribution in [3.05, 3.63) is 11.3 Å². The molecule has 0 heterocycles. The van der Waals surface area contributed by atoms with Gasteiger partial charge in [-0.3, -0.25) is 5.41 Å². The average Bonchev–Trinajstić information content (AvgIpc) is 2.16. The first-order valence-electron chi connectivity index (χ1n) is 4.51. The molecule has 2 N–H and O–H groups in total. The van der Waals surface area contributed by atoms with Crippen LogP contribution in [0.15, 0.2) is 11.3 Å². The number of aliphatic hydroxyl groups excluding tert-OH is 1. The zero-order valence-electron chi connectivity index (χ0n) is 8.81. The van der Waals surface area contributed by atoms with Crippen LogP contribution in [0.1, 0.15) is 20.3 Å². The first-order chi connectivity index (χ1) is 7.25. The van der Waals surface area contributed by atoms with Gasteiger partial charge in [0.05, 0.1) is 6.61 Å². The third-order valence-corrected chi connectivity index (χ3v) is 1.64. The van der Waals surface area contributed by atoms with Gasteiger partial charge in [0, 0.05) is 6.42 Å². The van der Waals surface area contributed by atoms with Gasteiger partial charge < -0.3 is 9.84 Å². The molecule has 0 aliphatic rings. The zero-order valence-corrected chi connectivity index (χ0v) is 8.81. The number of hydrogen-bond acceptors (Lipinski definition) is 4. The maximum absolute atomic E-state index is 12.2. The fraction of sp³-hybridized carbons (Fsp3) is 0.556. The SMILES string of the molecule is CCOC(=O)/C(C(=N)C(F)(F)F)=C(/O)CC. The van der Waals surface area contributed by atoms with Crippen molar-refractivity contribution in [2.45, 2.75) is 26.4 Å². The molecule has 0 aliphatic carbocycles. The molecule has 0 fully saturated rings. The van der Waals surface area contributed by atoms with Gasteiger partial charge in [-0.05, 0) is 6.92 Å². The number of alkyl halides is 3. The predicted octanol–water partition coefficient (Wildman–Crippen LogP) is 2.35. The summed E-state index contributed by atoms with van der Waals surface area (Å²) in [5, 5.41) is 16.0. The fourth-order valence-corrected chi connectivity index (χ4v) is 0.886. The van der Waals surface area contributed by atoms with Gasteiger partial charge in [0.15, 0.2) is 5.71 Å². The maximum atomic E-state index is 12.2. The summed E-state index contributed by atoms with van der Waals surface area (Å²) in [5.41, 5.74) is -3.03. The summed E-state index contributed by atoms with van der Waals surface area (Å²) in [5.74, 6) is -2.15. The number of carbonyl (C=O) groups excluding carboxylic acids is 1. The Labute approximate surface area is 90.2 Å². The average molecular weight is 239 g/mol. The van der Waals surface area contributed by atoms with Gasteiger partial charge >= 0.3 is 12.1 Å². The van der Waals surface area contributed by atoms with Crippen LogP contribution < -0.4 is 0 Å². The summed E-state index contributed by atoms with van der Waals surface area (Å²) in [7, 11) is 0. The number of nitrogens with one attached hydrogen (secondary N) is 1. The number of hydrogen-bond donors (Lipinski definition) is 2. The van der Waals surface area contributed by atoms with Crippen LogP contribution in [-0.2, 0) is 9.53 Å². The lowest BCUT2D eigenvalue weighted by molar-refractivity contribution is -0.138. The molecule has 0 unspecified atom stereocenters. The Kier molecular flexibility index (Phi) is 5.00. The summed E-state index contributed by atoms with van der Waals surface area (Å²) in [6.07, 6.45) is -5.18. The van der Waals surface area contributed by atoms with E-state index in [2.05, 4.69) is 4.74 Å². The number of carbonyl (C=O) groups is 1. The van der Waals surface area contributed by atoms with Gasteiger partial charge in [0.1, 0.15) is 11.3 Å². The molecule has 0 aromatic carbocycles. The van der Waals surface area contributed by atoms with Gasteiger partial charge in [-0.1, -0.05) is 6.92 Å². The maximum Gasteiger partial charge on any atom is 0.433 e. The first kappa shape index (κ1) is 14.5. The van der Waals surface area contributed by atoms with E-state index in [1.807, 2.05) is 0 Å². The summed E-state index contributed by atoms with van der Waals surface area (Å²) < 4.78 is 41.0. The van der Waals surface area contributed by atoms with Crippen LogP contribution in [0.4, 0.5) is 13.2 Å². The molecule has 0 bridgehead atoms. The molecule has 0 atom stereocenters. The van der Waals surface area contributed by atoms with E-state index >= 15 is 0 Å². The number of ether oxygens (including phenoxy) is 1. The Morgan fingerprint density at radius 3 is 2.19 bits per heavy atom. The Bertz CT molecular complexity index is 320. The molecule has 7 heteroatoms. The number of aliphatic hydroxyl groups is 1. The minimum absolute atomic E-state index is 0.134. The largest absolute Gasteiger partial charge is 0.511 e. The van der Waals surface area contributed by atoms with Gasteiger partial charge in [0.25, 0.3) is 0 Å². The predicted molar refractivity (Wildman–Crippen MR) is 50.4 cm³/mol. The molecule has 0 aromatic heterocycles. The number of esters is 1. The van der Waals surface area contributed by atoms with E-state index < -0.39 is 29.2 Å². The molecule has 0 aromatic rings. The summed E-state index contributed by atoms with van der Waals surface area (Å²) in [4.78, 5) is 11.2. The lowest BCUT2D eigenvalue weighted by atomic mass is 10.1. The summed E-state index contributed by atoms with van der Waals surface area (Å²) in [6, 6.07) is 0. The lowest BCUT2D eigenvalue weighted by Gasteiger charge is -2.12. The molecule has 0 saturated carbocycles. The molecule has 0 saturated heterocycles. The number of halogens is 3. The van der Waals surface area contributed by atoms with Crippen molar-refractivity contribution in [2.24, 2.45) is 0 Å². The molecule has 0 aliphatic heterocycles. The standard InChI is InChI=1S/C9H12F3NO3/c1-3-5(14)6(8(15)16-4-2)7(13)9(10,11)12/h13-14H,3-4H2,1-2H3/b6-5+,13-7?. The van der Waals surface area contributed by atoms with E-state index in [1.54, 1.807) is 0 Å². The van der Waals surface area contributed by atoms with Crippen molar-refractivity contribution in [3.63, 3.8) is 0 Å². The second-order valence-electron chi connectivity index (χ2n) is 2.77. The van der Waals surface area contributed by atoms with E-state index in [-0.39, 0.29) is 13.0 Å². The minimum Gasteiger partial charge on any atom is -0.511 e. The van der Waals surface area contributed by atoms with Crippen molar-refractivity contribution in [2.75, 3.05) is 6.61 Å². The monoisotopic (exact) mass is 239 g/mol. The van der Waals surface area contributed by atoms with Crippen molar-refractivity contribution in [3.8, 4) is 0 Å². The van der Waals surface area contributed by atoms with Gasteiger partial charge in [0.2, 0.25) is 0 Å². The highest BCUT2D eigenvalue weighted by Gasteiger charge is 2.41. The number of rotatable bonds is 4. The fourth-order valence-electron chi connectivity index (χ4n) is 0.886. The van der Waals surface area contributed by atoms with E-state index in [1.165, 1.54) is 13.8 Å². The Morgan fingerprint density at radius 1 is 1.38 bits per heavy atom.